The van der Waals surface area contributed by atoms with E-state index in [1.165, 1.54) is 25.3 Å². The molecule has 1 aromatic carbocycles. The summed E-state index contributed by atoms with van der Waals surface area (Å²) in [7, 11) is 1.34. The summed E-state index contributed by atoms with van der Waals surface area (Å²) in [4.78, 5) is 74.5. The molecular formula is C35H46O13. The first-order chi connectivity index (χ1) is 23.2. The lowest BCUT2D eigenvalue weighted by Gasteiger charge is -2.26. The lowest BCUT2D eigenvalue weighted by atomic mass is 9.82. The fourth-order valence-electron chi connectivity index (χ4n) is 5.65. The molecule has 0 aromatic heterocycles. The lowest BCUT2D eigenvalue weighted by Crippen LogP contribution is -2.30. The normalized spacial score (nSPS) is 20.5. The maximum absolute atomic E-state index is 13.2. The number of ether oxygens (including phenoxy) is 7. The van der Waals surface area contributed by atoms with Crippen LogP contribution in [0.5, 0.6) is 11.5 Å². The number of esters is 6. The van der Waals surface area contributed by atoms with Crippen LogP contribution in [0, 0.1) is 23.7 Å². The van der Waals surface area contributed by atoms with Crippen molar-refractivity contribution < 1.29 is 61.9 Å². The minimum Gasteiger partial charge on any atom is -0.469 e. The zero-order valence-electron chi connectivity index (χ0n) is 27.7. The van der Waals surface area contributed by atoms with E-state index < -0.39 is 35.7 Å². The molecule has 13 heteroatoms. The molecule has 264 valence electrons. The smallest absolute Gasteiger partial charge is 0.342 e. The van der Waals surface area contributed by atoms with Gasteiger partial charge < -0.3 is 33.2 Å². The van der Waals surface area contributed by atoms with E-state index in [0.717, 1.165) is 6.08 Å². The van der Waals surface area contributed by atoms with E-state index in [4.69, 9.17) is 33.2 Å². The Kier molecular flexibility index (Phi) is 16.1. The van der Waals surface area contributed by atoms with Crippen LogP contribution in [0.4, 0.5) is 0 Å². The molecule has 0 spiro atoms. The van der Waals surface area contributed by atoms with E-state index in [9.17, 15) is 28.8 Å². The van der Waals surface area contributed by atoms with Crippen LogP contribution < -0.4 is 9.47 Å². The molecule has 1 aromatic rings. The first-order valence-corrected chi connectivity index (χ1v) is 16.5. The number of hydrogen-bond acceptors (Lipinski definition) is 13. The number of unbranched alkanes of at least 4 members (excludes halogenated alkanes) is 1. The van der Waals surface area contributed by atoms with E-state index in [1.807, 2.05) is 6.92 Å². The van der Waals surface area contributed by atoms with Crippen molar-refractivity contribution in [2.24, 2.45) is 23.7 Å². The predicted molar refractivity (Wildman–Crippen MR) is 169 cm³/mol. The second-order valence-electron chi connectivity index (χ2n) is 11.7. The van der Waals surface area contributed by atoms with Crippen LogP contribution in [0.2, 0.25) is 0 Å². The van der Waals surface area contributed by atoms with Crippen LogP contribution in [0.1, 0.15) is 81.5 Å². The molecule has 0 aliphatic heterocycles. The summed E-state index contributed by atoms with van der Waals surface area (Å²) in [5, 5.41) is 0. The molecule has 0 unspecified atom stereocenters. The highest BCUT2D eigenvalue weighted by molar-refractivity contribution is 5.94. The molecule has 0 saturated heterocycles. The quantitative estimate of drug-likeness (QED) is 0.0744. The number of carbonyl (C=O) groups is 6. The summed E-state index contributed by atoms with van der Waals surface area (Å²) >= 11 is 0. The van der Waals surface area contributed by atoms with Gasteiger partial charge in [0.05, 0.1) is 50.6 Å². The molecule has 2 saturated carbocycles. The van der Waals surface area contributed by atoms with Crippen LogP contribution >= 0.6 is 0 Å². The summed E-state index contributed by atoms with van der Waals surface area (Å²) in [5.74, 6) is -4.37. The molecular weight excluding hydrogens is 628 g/mol. The molecule has 0 radical (unpaired) electrons. The average molecular weight is 675 g/mol. The molecule has 48 heavy (non-hydrogen) atoms. The molecule has 0 heterocycles. The van der Waals surface area contributed by atoms with E-state index in [1.54, 1.807) is 0 Å². The van der Waals surface area contributed by atoms with Crippen molar-refractivity contribution in [2.75, 3.05) is 40.1 Å². The van der Waals surface area contributed by atoms with Gasteiger partial charge in [-0.05, 0) is 89.3 Å². The fourth-order valence-corrected chi connectivity index (χ4v) is 5.65. The Morgan fingerprint density at radius 3 is 1.79 bits per heavy atom. The Balaban J connectivity index is 1.55. The van der Waals surface area contributed by atoms with Gasteiger partial charge in [-0.15, -0.1) is 0 Å². The number of methoxy groups -OCH3 is 1. The second-order valence-corrected chi connectivity index (χ2v) is 11.7. The van der Waals surface area contributed by atoms with Gasteiger partial charge in [-0.25, -0.2) is 9.59 Å². The lowest BCUT2D eigenvalue weighted by molar-refractivity contribution is -0.152. The monoisotopic (exact) mass is 674 g/mol. The summed E-state index contributed by atoms with van der Waals surface area (Å²) in [6.07, 6.45) is 5.83. The van der Waals surface area contributed by atoms with Gasteiger partial charge in [0.1, 0.15) is 23.7 Å². The van der Waals surface area contributed by atoms with Gasteiger partial charge in [-0.2, -0.15) is 0 Å². The summed E-state index contributed by atoms with van der Waals surface area (Å²) < 4.78 is 36.8. The Morgan fingerprint density at radius 1 is 0.688 bits per heavy atom. The first-order valence-electron chi connectivity index (χ1n) is 16.5. The Labute approximate surface area is 280 Å². The van der Waals surface area contributed by atoms with Gasteiger partial charge in [0.15, 0.2) is 0 Å². The van der Waals surface area contributed by atoms with E-state index in [2.05, 4.69) is 6.58 Å². The van der Waals surface area contributed by atoms with Crippen molar-refractivity contribution in [1.29, 1.82) is 0 Å². The van der Waals surface area contributed by atoms with Crippen molar-refractivity contribution in [3.63, 3.8) is 0 Å². The van der Waals surface area contributed by atoms with Gasteiger partial charge in [-0.1, -0.05) is 6.58 Å². The van der Waals surface area contributed by atoms with Gasteiger partial charge in [0.25, 0.3) is 0 Å². The van der Waals surface area contributed by atoms with Crippen molar-refractivity contribution in [1.82, 2.24) is 0 Å². The van der Waals surface area contributed by atoms with Crippen molar-refractivity contribution in [3.8, 4) is 11.5 Å². The van der Waals surface area contributed by atoms with Crippen LogP contribution in [-0.4, -0.2) is 76.0 Å². The van der Waals surface area contributed by atoms with Gasteiger partial charge in [0, 0.05) is 12.7 Å². The topological polar surface area (TPSA) is 167 Å². The number of hydrogen-bond donors (Lipinski definition) is 0. The molecule has 0 atom stereocenters. The number of carbonyl (C=O) groups excluding carboxylic acids is 6. The number of benzene rings is 1. The van der Waals surface area contributed by atoms with Crippen LogP contribution in [0.3, 0.4) is 0 Å². The van der Waals surface area contributed by atoms with Crippen molar-refractivity contribution >= 4 is 35.8 Å². The summed E-state index contributed by atoms with van der Waals surface area (Å²) in [6, 6.07) is 4.13. The molecule has 0 bridgehead atoms. The summed E-state index contributed by atoms with van der Waals surface area (Å²) in [5.41, 5.74) is -0.0870. The molecule has 2 fully saturated rings. The molecule has 0 N–H and O–H groups in total. The Bertz CT molecular complexity index is 1270. The minimum absolute atomic E-state index is 0.0314. The third-order valence-electron chi connectivity index (χ3n) is 8.45. The summed E-state index contributed by atoms with van der Waals surface area (Å²) in [6.45, 7) is 6.15. The van der Waals surface area contributed by atoms with Crippen LogP contribution in [0.25, 0.3) is 0 Å². The van der Waals surface area contributed by atoms with Crippen molar-refractivity contribution in [3.05, 3.63) is 36.4 Å². The third kappa shape index (κ3) is 12.1. The fraction of sp³-hybridized carbons (Fsp3) is 0.600. The van der Waals surface area contributed by atoms with Crippen LogP contribution in [-0.2, 0) is 47.7 Å². The van der Waals surface area contributed by atoms with Gasteiger partial charge >= 0.3 is 35.8 Å². The second kappa shape index (κ2) is 20.2. The van der Waals surface area contributed by atoms with Gasteiger partial charge in [0.2, 0.25) is 0 Å². The number of rotatable bonds is 17. The first kappa shape index (κ1) is 38.2. The highest BCUT2D eigenvalue weighted by Gasteiger charge is 2.34. The zero-order valence-corrected chi connectivity index (χ0v) is 27.7. The molecule has 2 aliphatic carbocycles. The standard InChI is InChI=1S/C35H46O13/c1-4-30(36)44-18-6-7-19-45-32(38)24-10-14-26(15-11-24)34(40)48-29-17-16-27(22-28(29)35(41)46-21-20-43-5-2)47-33(39)25-12-8-23(9-13-25)31(37)42-3/h4,16-17,22-26H,1,5-15,18-21H2,2-3H3. The highest BCUT2D eigenvalue weighted by atomic mass is 16.6. The Morgan fingerprint density at radius 2 is 1.23 bits per heavy atom. The molecule has 0 amide bonds. The molecule has 3 rings (SSSR count). The average Bonchev–Trinajstić information content (AvgIpc) is 3.11. The molecule has 2 aliphatic rings. The predicted octanol–water partition coefficient (Wildman–Crippen LogP) is 4.53. The minimum atomic E-state index is -0.778. The maximum atomic E-state index is 13.2. The Hall–Kier alpha value is -4.26. The van der Waals surface area contributed by atoms with Gasteiger partial charge in [-0.3, -0.25) is 19.2 Å². The van der Waals surface area contributed by atoms with E-state index in [0.29, 0.717) is 70.8 Å². The maximum Gasteiger partial charge on any atom is 0.342 e. The molecule has 13 nitrogen and oxygen atoms in total. The van der Waals surface area contributed by atoms with E-state index >= 15 is 0 Å². The SMILES string of the molecule is C=CC(=O)OCCCCOC(=O)C1CCC(C(=O)Oc2ccc(OC(=O)C3CCC(C(=O)OC)CC3)cc2C(=O)OCCOCC)CC1. The van der Waals surface area contributed by atoms with Crippen LogP contribution in [0.15, 0.2) is 30.9 Å². The zero-order chi connectivity index (χ0) is 34.9. The van der Waals surface area contributed by atoms with E-state index in [-0.39, 0.29) is 67.3 Å². The third-order valence-corrected chi connectivity index (χ3v) is 8.45. The largest absolute Gasteiger partial charge is 0.469 e. The van der Waals surface area contributed by atoms with Crippen molar-refractivity contribution in [2.45, 2.75) is 71.1 Å². The highest BCUT2D eigenvalue weighted by Crippen LogP contribution is 2.34.